The van der Waals surface area contributed by atoms with Crippen LogP contribution in [0.4, 0.5) is 0 Å². The molecule has 1 unspecified atom stereocenters. The smallest absolute Gasteiger partial charge is 0.246 e. The number of rotatable bonds is 14. The summed E-state index contributed by atoms with van der Waals surface area (Å²) < 4.78 is 0. The van der Waals surface area contributed by atoms with Crippen molar-refractivity contribution in [2.75, 3.05) is 32.7 Å². The number of carbonyl (C=O) groups excluding carboxylic acids is 4. The van der Waals surface area contributed by atoms with Crippen molar-refractivity contribution in [3.05, 3.63) is 140 Å². The second kappa shape index (κ2) is 17.5. The van der Waals surface area contributed by atoms with Crippen LogP contribution in [-0.2, 0) is 32.0 Å². The number of benzene rings is 4. The van der Waals surface area contributed by atoms with E-state index in [0.29, 0.717) is 34.3 Å². The first-order valence-corrected chi connectivity index (χ1v) is 17.6. The van der Waals surface area contributed by atoms with Gasteiger partial charge >= 0.3 is 0 Å². The highest BCUT2D eigenvalue weighted by Crippen LogP contribution is 2.30. The lowest BCUT2D eigenvalue weighted by Gasteiger charge is -2.33. The highest BCUT2D eigenvalue weighted by molar-refractivity contribution is 6.35. The van der Waals surface area contributed by atoms with E-state index in [4.69, 9.17) is 40.5 Å². The van der Waals surface area contributed by atoms with Gasteiger partial charge in [0.05, 0.1) is 19.5 Å². The second-order valence-electron chi connectivity index (χ2n) is 12.4. The van der Waals surface area contributed by atoms with Gasteiger partial charge < -0.3 is 20.4 Å². The van der Waals surface area contributed by atoms with E-state index in [0.717, 1.165) is 22.3 Å². The minimum atomic E-state index is -1.13. The van der Waals surface area contributed by atoms with E-state index in [9.17, 15) is 19.2 Å². The van der Waals surface area contributed by atoms with Crippen LogP contribution >= 0.6 is 34.8 Å². The van der Waals surface area contributed by atoms with Crippen molar-refractivity contribution in [2.24, 2.45) is 5.73 Å². The zero-order chi connectivity index (χ0) is 35.6. The Morgan fingerprint density at radius 3 is 2.00 bits per heavy atom. The Balaban J connectivity index is 1.43. The summed E-state index contributed by atoms with van der Waals surface area (Å²) in [5, 5.41) is 1.55. The number of halogens is 3. The molecule has 0 radical (unpaired) electrons. The van der Waals surface area contributed by atoms with Crippen LogP contribution in [0.3, 0.4) is 0 Å². The molecule has 0 spiro atoms. The van der Waals surface area contributed by atoms with E-state index in [1.807, 2.05) is 72.8 Å². The Morgan fingerprint density at radius 2 is 1.40 bits per heavy atom. The minimum absolute atomic E-state index is 0.0744. The molecule has 0 aromatic heterocycles. The van der Waals surface area contributed by atoms with Crippen molar-refractivity contribution in [1.29, 1.82) is 0 Å². The van der Waals surface area contributed by atoms with E-state index in [1.54, 1.807) is 30.3 Å². The van der Waals surface area contributed by atoms with Crippen LogP contribution < -0.4 is 5.73 Å². The van der Waals surface area contributed by atoms with Crippen LogP contribution in [0.15, 0.2) is 103 Å². The summed E-state index contributed by atoms with van der Waals surface area (Å²) in [6.07, 6.45) is 1.07. The average molecular weight is 734 g/mol. The fourth-order valence-electron chi connectivity index (χ4n) is 6.35. The summed E-state index contributed by atoms with van der Waals surface area (Å²) in [6.45, 7) is 0.0320. The Bertz CT molecular complexity index is 1750. The molecule has 260 valence electrons. The number of hydrogen-bond donors (Lipinski definition) is 1. The molecule has 2 N–H and O–H groups in total. The summed E-state index contributed by atoms with van der Waals surface area (Å²) in [5.74, 6) is -1.97. The second-order valence-corrected chi connectivity index (χ2v) is 13.7. The summed E-state index contributed by atoms with van der Waals surface area (Å²) in [5.41, 5.74) is 9.44. The Kier molecular flexibility index (Phi) is 12.9. The van der Waals surface area contributed by atoms with Gasteiger partial charge in [-0.1, -0.05) is 114 Å². The number of primary amides is 1. The molecule has 0 aliphatic carbocycles. The van der Waals surface area contributed by atoms with E-state index < -0.39 is 17.9 Å². The Hall–Kier alpha value is -4.37. The van der Waals surface area contributed by atoms with Crippen LogP contribution in [0.2, 0.25) is 15.1 Å². The largest absolute Gasteiger partial charge is 0.368 e. The topological polar surface area (TPSA) is 104 Å². The lowest BCUT2D eigenvalue weighted by molar-refractivity contribution is -0.146. The van der Waals surface area contributed by atoms with Gasteiger partial charge in [-0.25, -0.2) is 0 Å². The van der Waals surface area contributed by atoms with Crippen LogP contribution in [0, 0.1) is 0 Å². The zero-order valence-electron chi connectivity index (χ0n) is 27.5. The monoisotopic (exact) mass is 732 g/mol. The summed E-state index contributed by atoms with van der Waals surface area (Å²) in [4.78, 5) is 59.0. The van der Waals surface area contributed by atoms with Gasteiger partial charge in [-0.15, -0.1) is 0 Å². The molecule has 1 heterocycles. The third-order valence-corrected chi connectivity index (χ3v) is 9.84. The normalized spacial score (nSPS) is 14.9. The lowest BCUT2D eigenvalue weighted by atomic mass is 9.88. The van der Waals surface area contributed by atoms with Crippen molar-refractivity contribution in [2.45, 2.75) is 37.6 Å². The molecular formula is C39H39Cl3N4O4. The third kappa shape index (κ3) is 9.87. The molecule has 11 heteroatoms. The maximum atomic E-state index is 14.4. The Labute approximate surface area is 307 Å². The average Bonchev–Trinajstić information content (AvgIpc) is 3.22. The molecule has 1 atom stereocenters. The molecule has 1 aliphatic rings. The molecule has 1 saturated heterocycles. The summed E-state index contributed by atoms with van der Waals surface area (Å²) in [6, 6.07) is 31.2. The van der Waals surface area contributed by atoms with Gasteiger partial charge in [0.25, 0.3) is 0 Å². The van der Waals surface area contributed by atoms with Gasteiger partial charge in [-0.2, -0.15) is 0 Å². The zero-order valence-corrected chi connectivity index (χ0v) is 29.8. The van der Waals surface area contributed by atoms with E-state index in [1.165, 1.54) is 14.7 Å². The third-order valence-electron chi connectivity index (χ3n) is 9.00. The number of nitrogens with two attached hydrogens (primary N) is 1. The Morgan fingerprint density at radius 1 is 0.780 bits per heavy atom. The molecular weight excluding hydrogens is 695 g/mol. The van der Waals surface area contributed by atoms with Gasteiger partial charge in [0.15, 0.2) is 0 Å². The summed E-state index contributed by atoms with van der Waals surface area (Å²) >= 11 is 18.5. The summed E-state index contributed by atoms with van der Waals surface area (Å²) in [7, 11) is 0. The van der Waals surface area contributed by atoms with Gasteiger partial charge in [0.2, 0.25) is 23.6 Å². The number of hydrogen-bond acceptors (Lipinski definition) is 4. The first kappa shape index (κ1) is 36.9. The maximum absolute atomic E-state index is 14.4. The van der Waals surface area contributed by atoms with Crippen molar-refractivity contribution in [3.8, 4) is 0 Å². The standard InChI is InChI=1S/C39H39Cl3N4O4/c40-31-14-11-27(12-15-31)17-20-45(25-36(43)47)39(50)35-24-37(48)44(21-18-30-13-16-32(41)23-34(30)42)26-38(49)46(35)22-19-33(28-7-3-1-4-8-28)29-9-5-2-6-10-29/h1-16,23,33,35H,17-22,24-26H2,(H2,43,47). The van der Waals surface area contributed by atoms with Gasteiger partial charge in [0.1, 0.15) is 6.04 Å². The van der Waals surface area contributed by atoms with Crippen LogP contribution in [0.5, 0.6) is 0 Å². The predicted octanol–water partition coefficient (Wildman–Crippen LogP) is 6.40. The van der Waals surface area contributed by atoms with Gasteiger partial charge in [-0.05, 0) is 65.8 Å². The first-order chi connectivity index (χ1) is 24.1. The minimum Gasteiger partial charge on any atom is -0.368 e. The van der Waals surface area contributed by atoms with Crippen LogP contribution in [0.25, 0.3) is 0 Å². The van der Waals surface area contributed by atoms with Gasteiger partial charge in [0, 0.05) is 40.6 Å². The molecule has 50 heavy (non-hydrogen) atoms. The fraction of sp³-hybridized carbons (Fsp3) is 0.282. The molecule has 8 nitrogen and oxygen atoms in total. The van der Waals surface area contributed by atoms with Crippen LogP contribution in [0.1, 0.15) is 41.0 Å². The van der Waals surface area contributed by atoms with Crippen molar-refractivity contribution in [3.63, 3.8) is 0 Å². The SMILES string of the molecule is NC(=O)CN(CCc1ccc(Cl)cc1)C(=O)C1CC(=O)N(CCc2ccc(Cl)cc2Cl)CC(=O)N1CCC(c1ccccc1)c1ccccc1. The van der Waals surface area contributed by atoms with E-state index in [2.05, 4.69) is 0 Å². The quantitative estimate of drug-likeness (QED) is 0.162. The number of nitrogens with zero attached hydrogens (tertiary/aromatic N) is 3. The van der Waals surface area contributed by atoms with Crippen LogP contribution in [-0.4, -0.2) is 77.1 Å². The van der Waals surface area contributed by atoms with E-state index in [-0.39, 0.29) is 56.9 Å². The molecule has 1 aliphatic heterocycles. The lowest BCUT2D eigenvalue weighted by Crippen LogP contribution is -2.53. The fourth-order valence-corrected chi connectivity index (χ4v) is 6.98. The molecule has 4 aromatic carbocycles. The first-order valence-electron chi connectivity index (χ1n) is 16.5. The highest BCUT2D eigenvalue weighted by Gasteiger charge is 2.40. The molecule has 0 bridgehead atoms. The van der Waals surface area contributed by atoms with Crippen molar-refractivity contribution < 1.29 is 19.2 Å². The number of amides is 4. The number of carbonyl (C=O) groups is 4. The maximum Gasteiger partial charge on any atom is 0.246 e. The molecule has 4 aromatic rings. The highest BCUT2D eigenvalue weighted by atomic mass is 35.5. The van der Waals surface area contributed by atoms with Crippen molar-refractivity contribution >= 4 is 58.4 Å². The van der Waals surface area contributed by atoms with E-state index >= 15 is 0 Å². The van der Waals surface area contributed by atoms with Crippen molar-refractivity contribution in [1.82, 2.24) is 14.7 Å². The molecule has 0 saturated carbocycles. The molecule has 5 rings (SSSR count). The molecule has 4 amide bonds. The molecule has 1 fully saturated rings. The van der Waals surface area contributed by atoms with Gasteiger partial charge in [-0.3, -0.25) is 19.2 Å². The predicted molar refractivity (Wildman–Crippen MR) is 197 cm³/mol.